The second-order valence-electron chi connectivity index (χ2n) is 10.6. The number of amides is 1. The summed E-state index contributed by atoms with van der Waals surface area (Å²) in [7, 11) is -0.996. The number of hydrogen-bond acceptors (Lipinski definition) is 1. The Balaban J connectivity index is 1.36. The average Bonchev–Trinajstić information content (AvgIpc) is 2.45. The van der Waals surface area contributed by atoms with Gasteiger partial charge in [0.1, 0.15) is 0 Å². The van der Waals surface area contributed by atoms with E-state index < -0.39 is 8.07 Å². The minimum Gasteiger partial charge on any atom is -0.353 e. The fraction of sp³-hybridized carbons (Fsp3) is 0.950. The number of carbonyl (C=O) groups excluding carboxylic acids is 1. The topological polar surface area (TPSA) is 29.1 Å². The Bertz CT molecular complexity index is 437. The molecule has 5 rings (SSSR count). The third-order valence-corrected chi connectivity index (χ3v) is 10.8. The summed E-state index contributed by atoms with van der Waals surface area (Å²) in [5.41, 5.74) is 1.01. The first kappa shape index (κ1) is 16.2. The summed E-state index contributed by atoms with van der Waals surface area (Å²) in [6.07, 6.45) is 13.0. The van der Waals surface area contributed by atoms with Crippen molar-refractivity contribution in [1.82, 2.24) is 5.32 Å². The van der Waals surface area contributed by atoms with Gasteiger partial charge in [-0.05, 0) is 74.7 Å². The van der Waals surface area contributed by atoms with Crippen molar-refractivity contribution in [3.63, 3.8) is 0 Å². The maximum Gasteiger partial charge on any atom is 0.226 e. The fourth-order valence-electron chi connectivity index (χ4n) is 6.83. The monoisotopic (exact) mass is 333 g/mol. The molecule has 0 radical (unpaired) electrons. The molecule has 0 aliphatic heterocycles. The van der Waals surface area contributed by atoms with E-state index in [1.165, 1.54) is 64.2 Å². The average molecular weight is 334 g/mol. The van der Waals surface area contributed by atoms with E-state index in [-0.39, 0.29) is 5.41 Å². The van der Waals surface area contributed by atoms with Crippen LogP contribution in [-0.4, -0.2) is 20.0 Å². The summed E-state index contributed by atoms with van der Waals surface area (Å²) >= 11 is 0. The van der Waals surface area contributed by atoms with Gasteiger partial charge < -0.3 is 5.32 Å². The molecule has 5 aliphatic carbocycles. The van der Waals surface area contributed by atoms with Crippen molar-refractivity contribution in [3.05, 3.63) is 0 Å². The summed E-state index contributed by atoms with van der Waals surface area (Å²) < 4.78 is 0. The second kappa shape index (κ2) is 5.61. The Morgan fingerprint density at radius 2 is 1.35 bits per heavy atom. The zero-order chi connectivity index (χ0) is 16.2. The van der Waals surface area contributed by atoms with E-state index >= 15 is 0 Å². The molecule has 0 heterocycles. The molecule has 0 spiro atoms. The molecule has 0 aromatic rings. The van der Waals surface area contributed by atoms with Crippen LogP contribution in [0.2, 0.25) is 25.2 Å². The molecule has 5 saturated carbocycles. The van der Waals surface area contributed by atoms with Gasteiger partial charge in [-0.2, -0.15) is 0 Å². The van der Waals surface area contributed by atoms with Crippen LogP contribution in [0, 0.1) is 23.2 Å². The van der Waals surface area contributed by atoms with Gasteiger partial charge in [0.15, 0.2) is 0 Å². The van der Waals surface area contributed by atoms with Gasteiger partial charge in [-0.15, -0.1) is 0 Å². The molecule has 5 aliphatic rings. The number of rotatable bonds is 3. The first-order valence-corrected chi connectivity index (χ1v) is 13.7. The molecule has 130 valence electrons. The highest BCUT2D eigenvalue weighted by Crippen LogP contribution is 2.60. The smallest absolute Gasteiger partial charge is 0.226 e. The molecule has 1 N–H and O–H groups in total. The molecule has 4 bridgehead atoms. The van der Waals surface area contributed by atoms with Crippen molar-refractivity contribution in [2.75, 3.05) is 0 Å². The Labute approximate surface area is 143 Å². The molecule has 1 amide bonds. The molecule has 0 aromatic heterocycles. The van der Waals surface area contributed by atoms with E-state index in [0.29, 0.717) is 11.9 Å². The van der Waals surface area contributed by atoms with E-state index in [1.54, 1.807) is 0 Å². The molecule has 0 aromatic carbocycles. The maximum atomic E-state index is 13.1. The van der Waals surface area contributed by atoms with Crippen LogP contribution in [0.15, 0.2) is 0 Å². The van der Waals surface area contributed by atoms with Crippen molar-refractivity contribution in [2.24, 2.45) is 23.2 Å². The van der Waals surface area contributed by atoms with E-state index in [4.69, 9.17) is 0 Å². The van der Waals surface area contributed by atoms with Gasteiger partial charge in [0.05, 0.1) is 0 Å². The van der Waals surface area contributed by atoms with Crippen LogP contribution in [0.25, 0.3) is 0 Å². The van der Waals surface area contributed by atoms with Crippen LogP contribution in [0.1, 0.15) is 64.2 Å². The fourth-order valence-corrected chi connectivity index (χ4v) is 8.90. The predicted molar refractivity (Wildman–Crippen MR) is 98.1 cm³/mol. The van der Waals surface area contributed by atoms with Gasteiger partial charge in [-0.25, -0.2) is 0 Å². The predicted octanol–water partition coefficient (Wildman–Crippen LogP) is 4.97. The van der Waals surface area contributed by atoms with Crippen molar-refractivity contribution >= 4 is 14.0 Å². The summed E-state index contributed by atoms with van der Waals surface area (Å²) in [5, 5.41) is 3.52. The van der Waals surface area contributed by atoms with Crippen LogP contribution in [0.5, 0.6) is 0 Å². The minimum absolute atomic E-state index is 0.0460. The third kappa shape index (κ3) is 3.03. The standard InChI is InChI=1S/C20H35NOSi/c1-23(2,3)18-6-4-17(5-7-18)21-19(22)20-11-14-8-15(12-20)10-16(9-14)13-20/h14-18H,4-13H2,1-3H3,(H,21,22). The minimum atomic E-state index is -0.996. The zero-order valence-electron chi connectivity index (χ0n) is 15.4. The highest BCUT2D eigenvalue weighted by molar-refractivity contribution is 6.77. The van der Waals surface area contributed by atoms with Crippen LogP contribution in [-0.2, 0) is 4.79 Å². The normalized spacial score (nSPS) is 46.0. The van der Waals surface area contributed by atoms with Crippen LogP contribution in [0.4, 0.5) is 0 Å². The SMILES string of the molecule is C[Si](C)(C)C1CCC(NC(=O)C23CC4CC(CC(C4)C2)C3)CC1. The van der Waals surface area contributed by atoms with E-state index in [9.17, 15) is 4.79 Å². The summed E-state index contributed by atoms with van der Waals surface area (Å²) in [5.74, 6) is 3.06. The Hall–Kier alpha value is -0.313. The molecule has 5 fully saturated rings. The van der Waals surface area contributed by atoms with E-state index in [1.807, 2.05) is 0 Å². The van der Waals surface area contributed by atoms with Gasteiger partial charge in [0.25, 0.3) is 0 Å². The van der Waals surface area contributed by atoms with Crippen molar-refractivity contribution < 1.29 is 4.79 Å². The van der Waals surface area contributed by atoms with Gasteiger partial charge >= 0.3 is 0 Å². The highest BCUT2D eigenvalue weighted by atomic mass is 28.3. The van der Waals surface area contributed by atoms with Gasteiger partial charge in [-0.3, -0.25) is 4.79 Å². The lowest BCUT2D eigenvalue weighted by atomic mass is 9.49. The Kier molecular flexibility index (Phi) is 3.94. The summed E-state index contributed by atoms with van der Waals surface area (Å²) in [6, 6.07) is 0.475. The second-order valence-corrected chi connectivity index (χ2v) is 16.1. The van der Waals surface area contributed by atoms with Gasteiger partial charge in [0, 0.05) is 19.5 Å². The molecule has 23 heavy (non-hydrogen) atoms. The molecule has 0 atom stereocenters. The van der Waals surface area contributed by atoms with Gasteiger partial charge in [0.2, 0.25) is 5.91 Å². The van der Waals surface area contributed by atoms with Crippen molar-refractivity contribution in [3.8, 4) is 0 Å². The first-order valence-electron chi connectivity index (χ1n) is 10.1. The number of carbonyl (C=O) groups is 1. The van der Waals surface area contributed by atoms with Crippen molar-refractivity contribution in [1.29, 1.82) is 0 Å². The van der Waals surface area contributed by atoms with E-state index in [2.05, 4.69) is 25.0 Å². The first-order chi connectivity index (χ1) is 10.8. The molecular weight excluding hydrogens is 298 g/mol. The number of nitrogens with one attached hydrogen (secondary N) is 1. The summed E-state index contributed by atoms with van der Waals surface area (Å²) in [6.45, 7) is 7.52. The Morgan fingerprint density at radius 1 is 0.870 bits per heavy atom. The lowest BCUT2D eigenvalue weighted by molar-refractivity contribution is -0.147. The lowest BCUT2D eigenvalue weighted by Crippen LogP contribution is -2.55. The molecule has 0 unspecified atom stereocenters. The molecular formula is C20H35NOSi. The third-order valence-electron chi connectivity index (χ3n) is 7.81. The largest absolute Gasteiger partial charge is 0.353 e. The van der Waals surface area contributed by atoms with E-state index in [0.717, 1.165) is 23.3 Å². The molecule has 0 saturated heterocycles. The van der Waals surface area contributed by atoms with Crippen LogP contribution >= 0.6 is 0 Å². The quantitative estimate of drug-likeness (QED) is 0.726. The Morgan fingerprint density at radius 3 is 1.78 bits per heavy atom. The molecule has 3 heteroatoms. The lowest BCUT2D eigenvalue weighted by Gasteiger charge is -2.56. The highest BCUT2D eigenvalue weighted by Gasteiger charge is 2.54. The number of hydrogen-bond donors (Lipinski definition) is 1. The summed E-state index contributed by atoms with van der Waals surface area (Å²) in [4.78, 5) is 13.1. The van der Waals surface area contributed by atoms with Crippen molar-refractivity contribution in [2.45, 2.75) is 95.4 Å². The van der Waals surface area contributed by atoms with Gasteiger partial charge in [-0.1, -0.05) is 32.5 Å². The molecule has 2 nitrogen and oxygen atoms in total. The maximum absolute atomic E-state index is 13.1. The van der Waals surface area contributed by atoms with Crippen LogP contribution in [0.3, 0.4) is 0 Å². The van der Waals surface area contributed by atoms with Crippen LogP contribution < -0.4 is 5.32 Å². The zero-order valence-corrected chi connectivity index (χ0v) is 16.4.